The lowest BCUT2D eigenvalue weighted by Gasteiger charge is -2.38. The average Bonchev–Trinajstić information content (AvgIpc) is 3.31. The molecule has 7 rings (SSSR count). The van der Waals surface area contributed by atoms with E-state index in [-0.39, 0.29) is 48.0 Å². The minimum absolute atomic E-state index is 0.0101. The standard InChI is InChI=1S/C30H28F3N3O5S2/c1-38-28(37)25-10-17(14-42-25)23-15-43-29(34-23)36-18-8-9-19(36)12-20(11-18)39-13-22-26(35-41-27(22)16-6-7-16)21-4-2-3-5-24(21)40-30(31,32)33/h2-5,10,14-16,18-20H,6-9,11-13H2,1H3/t18-,19+,20?. The summed E-state index contributed by atoms with van der Waals surface area (Å²) in [7, 11) is 1.37. The highest BCUT2D eigenvalue weighted by atomic mass is 32.1. The summed E-state index contributed by atoms with van der Waals surface area (Å²) in [4.78, 5) is 19.7. The number of anilines is 1. The summed E-state index contributed by atoms with van der Waals surface area (Å²) in [6.07, 6.45) is 0.802. The summed E-state index contributed by atoms with van der Waals surface area (Å²) in [5.74, 6) is 0.231. The number of thiazole rings is 1. The summed E-state index contributed by atoms with van der Waals surface area (Å²) < 4.78 is 60.7. The Kier molecular flexibility index (Phi) is 7.42. The highest BCUT2D eigenvalue weighted by molar-refractivity contribution is 7.14. The van der Waals surface area contributed by atoms with E-state index in [0.717, 1.165) is 54.9 Å². The quantitative estimate of drug-likeness (QED) is 0.173. The zero-order chi connectivity index (χ0) is 29.7. The maximum absolute atomic E-state index is 13.1. The number of carbonyl (C=O) groups excluding carboxylic acids is 1. The Balaban J connectivity index is 1.06. The second-order valence-electron chi connectivity index (χ2n) is 11.1. The first-order chi connectivity index (χ1) is 20.8. The van der Waals surface area contributed by atoms with E-state index >= 15 is 0 Å². The van der Waals surface area contributed by atoms with Crippen LogP contribution < -0.4 is 9.64 Å². The molecule has 8 nitrogen and oxygen atoms in total. The molecule has 0 N–H and O–H groups in total. The highest BCUT2D eigenvalue weighted by Crippen LogP contribution is 2.47. The van der Waals surface area contributed by atoms with Crippen molar-refractivity contribution in [3.05, 3.63) is 57.3 Å². The lowest BCUT2D eigenvalue weighted by Crippen LogP contribution is -2.45. The number of benzene rings is 1. The van der Waals surface area contributed by atoms with Crippen molar-refractivity contribution in [2.75, 3.05) is 12.0 Å². The van der Waals surface area contributed by atoms with Crippen LogP contribution >= 0.6 is 22.7 Å². The average molecular weight is 632 g/mol. The molecule has 3 aromatic heterocycles. The van der Waals surface area contributed by atoms with Crippen molar-refractivity contribution >= 4 is 33.8 Å². The zero-order valence-electron chi connectivity index (χ0n) is 23.1. The van der Waals surface area contributed by atoms with Gasteiger partial charge in [0.25, 0.3) is 0 Å². The number of methoxy groups -OCH3 is 1. The Labute approximate surface area is 253 Å². The number of hydrogen-bond donors (Lipinski definition) is 0. The summed E-state index contributed by atoms with van der Waals surface area (Å²) in [5, 5.41) is 9.10. The maximum atomic E-state index is 13.1. The molecule has 0 spiro atoms. The Morgan fingerprint density at radius 3 is 2.58 bits per heavy atom. The summed E-state index contributed by atoms with van der Waals surface area (Å²) in [5.41, 5.74) is 3.00. The van der Waals surface area contributed by atoms with Gasteiger partial charge < -0.3 is 23.6 Å². The Morgan fingerprint density at radius 1 is 1.09 bits per heavy atom. The summed E-state index contributed by atoms with van der Waals surface area (Å²) in [6, 6.07) is 8.37. The Morgan fingerprint density at radius 2 is 1.86 bits per heavy atom. The Hall–Kier alpha value is -3.42. The van der Waals surface area contributed by atoms with Gasteiger partial charge in [0.05, 0.1) is 25.5 Å². The number of carbonyl (C=O) groups is 1. The van der Waals surface area contributed by atoms with Crippen LogP contribution in [0.15, 0.2) is 45.6 Å². The lowest BCUT2D eigenvalue weighted by molar-refractivity contribution is -0.274. The van der Waals surface area contributed by atoms with Crippen LogP contribution in [0.3, 0.4) is 0 Å². The van der Waals surface area contributed by atoms with Crippen LogP contribution in [0.4, 0.5) is 18.3 Å². The fourth-order valence-electron chi connectivity index (χ4n) is 6.19. The molecule has 226 valence electrons. The predicted octanol–water partition coefficient (Wildman–Crippen LogP) is 7.81. The minimum atomic E-state index is -4.82. The van der Waals surface area contributed by atoms with E-state index < -0.39 is 6.36 Å². The molecular weight excluding hydrogens is 603 g/mol. The second-order valence-corrected chi connectivity index (χ2v) is 12.8. The van der Waals surface area contributed by atoms with Crippen LogP contribution in [0.5, 0.6) is 5.75 Å². The molecule has 1 unspecified atom stereocenters. The highest BCUT2D eigenvalue weighted by Gasteiger charge is 2.43. The van der Waals surface area contributed by atoms with Gasteiger partial charge in [-0.1, -0.05) is 17.3 Å². The van der Waals surface area contributed by atoms with Crippen molar-refractivity contribution in [3.8, 4) is 28.3 Å². The molecular formula is C30H28F3N3O5S2. The van der Waals surface area contributed by atoms with E-state index in [4.69, 9.17) is 19.0 Å². The fourth-order valence-corrected chi connectivity index (χ4v) is 7.98. The number of hydrogen-bond acceptors (Lipinski definition) is 10. The van der Waals surface area contributed by atoms with Gasteiger partial charge in [-0.15, -0.1) is 35.8 Å². The molecule has 2 bridgehead atoms. The fraction of sp³-hybridized carbons (Fsp3) is 0.433. The first kappa shape index (κ1) is 28.4. The summed E-state index contributed by atoms with van der Waals surface area (Å²) >= 11 is 2.94. The molecule has 2 saturated heterocycles. The monoisotopic (exact) mass is 631 g/mol. The third-order valence-corrected chi connectivity index (χ3v) is 10.0. The van der Waals surface area contributed by atoms with E-state index in [1.807, 2.05) is 16.8 Å². The van der Waals surface area contributed by atoms with Gasteiger partial charge >= 0.3 is 12.3 Å². The van der Waals surface area contributed by atoms with Crippen LogP contribution in [0.2, 0.25) is 0 Å². The molecule has 3 fully saturated rings. The van der Waals surface area contributed by atoms with Crippen molar-refractivity contribution in [3.63, 3.8) is 0 Å². The van der Waals surface area contributed by atoms with Crippen molar-refractivity contribution in [2.45, 2.75) is 75.6 Å². The molecule has 3 atom stereocenters. The summed E-state index contributed by atoms with van der Waals surface area (Å²) in [6.45, 7) is 0.206. The topological polar surface area (TPSA) is 86.9 Å². The van der Waals surface area contributed by atoms with E-state index in [2.05, 4.69) is 14.8 Å². The Bertz CT molecular complexity index is 1610. The second kappa shape index (κ2) is 11.3. The van der Waals surface area contributed by atoms with Crippen LogP contribution in [-0.4, -0.2) is 47.8 Å². The van der Waals surface area contributed by atoms with Gasteiger partial charge in [-0.25, -0.2) is 9.78 Å². The number of aromatic nitrogens is 2. The third-order valence-electron chi connectivity index (χ3n) is 8.28. The number of rotatable bonds is 9. The predicted molar refractivity (Wildman–Crippen MR) is 154 cm³/mol. The van der Waals surface area contributed by atoms with E-state index in [9.17, 15) is 18.0 Å². The zero-order valence-corrected chi connectivity index (χ0v) is 24.8. The number of alkyl halides is 3. The van der Waals surface area contributed by atoms with E-state index in [1.165, 1.54) is 30.6 Å². The number of fused-ring (bicyclic) bond motifs is 2. The van der Waals surface area contributed by atoms with Crippen LogP contribution in [0.25, 0.3) is 22.5 Å². The molecule has 1 saturated carbocycles. The SMILES string of the molecule is COC(=O)c1cc(-c2csc(N3[C@@H]4CC[C@H]3CC(OCc3c(-c5ccccc5OC(F)(F)F)noc3C3CC3)C4)n2)cs1. The maximum Gasteiger partial charge on any atom is 0.573 e. The molecule has 5 heterocycles. The largest absolute Gasteiger partial charge is 0.573 e. The number of para-hydroxylation sites is 1. The van der Waals surface area contributed by atoms with E-state index in [0.29, 0.717) is 21.9 Å². The molecule has 1 aromatic carbocycles. The molecule has 4 aromatic rings. The number of thiophene rings is 1. The number of nitrogens with zero attached hydrogens (tertiary/aromatic N) is 3. The molecule has 13 heteroatoms. The van der Waals surface area contributed by atoms with Crippen molar-refractivity contribution in [1.82, 2.24) is 10.1 Å². The van der Waals surface area contributed by atoms with Gasteiger partial charge in [0.1, 0.15) is 22.1 Å². The van der Waals surface area contributed by atoms with Crippen molar-refractivity contribution in [1.29, 1.82) is 0 Å². The van der Waals surface area contributed by atoms with Crippen LogP contribution in [0, 0.1) is 0 Å². The van der Waals surface area contributed by atoms with Gasteiger partial charge in [-0.05, 0) is 56.7 Å². The first-order valence-corrected chi connectivity index (χ1v) is 15.9. The third kappa shape index (κ3) is 5.77. The van der Waals surface area contributed by atoms with Gasteiger partial charge in [0, 0.05) is 45.5 Å². The molecule has 1 aliphatic carbocycles. The number of ether oxygens (including phenoxy) is 3. The lowest BCUT2D eigenvalue weighted by atomic mass is 10.00. The van der Waals surface area contributed by atoms with Gasteiger partial charge in [0.2, 0.25) is 0 Å². The van der Waals surface area contributed by atoms with E-state index in [1.54, 1.807) is 23.5 Å². The number of halogens is 3. The molecule has 0 radical (unpaired) electrons. The van der Waals surface area contributed by atoms with Crippen LogP contribution in [-0.2, 0) is 16.1 Å². The van der Waals surface area contributed by atoms with Gasteiger partial charge in [-0.2, -0.15) is 0 Å². The number of piperidine rings is 1. The van der Waals surface area contributed by atoms with Gasteiger partial charge in [0.15, 0.2) is 5.13 Å². The minimum Gasteiger partial charge on any atom is -0.465 e. The molecule has 43 heavy (non-hydrogen) atoms. The normalized spacial score (nSPS) is 21.8. The smallest absolute Gasteiger partial charge is 0.465 e. The van der Waals surface area contributed by atoms with Crippen molar-refractivity contribution < 1.29 is 36.7 Å². The van der Waals surface area contributed by atoms with Gasteiger partial charge in [-0.3, -0.25) is 0 Å². The van der Waals surface area contributed by atoms with Crippen molar-refractivity contribution in [2.24, 2.45) is 0 Å². The number of esters is 1. The first-order valence-electron chi connectivity index (χ1n) is 14.1. The molecule has 0 amide bonds. The van der Waals surface area contributed by atoms with Crippen LogP contribution in [0.1, 0.15) is 65.4 Å². The molecule has 3 aliphatic rings. The molecule has 2 aliphatic heterocycles.